The van der Waals surface area contributed by atoms with Crippen molar-refractivity contribution in [3.05, 3.63) is 107 Å². The van der Waals surface area contributed by atoms with E-state index >= 15 is 0 Å². The van der Waals surface area contributed by atoms with Gasteiger partial charge in [0.1, 0.15) is 0 Å². The van der Waals surface area contributed by atoms with Gasteiger partial charge >= 0.3 is 0 Å². The molecule has 3 rings (SSSR count). The minimum Gasteiger partial charge on any atom is -0.356 e. The molecule has 0 radical (unpaired) electrons. The van der Waals surface area contributed by atoms with E-state index in [-0.39, 0.29) is 5.91 Å². The molecular formula is C26H30N4O. The van der Waals surface area contributed by atoms with Gasteiger partial charge in [-0.2, -0.15) is 0 Å². The highest BCUT2D eigenvalue weighted by atomic mass is 16.1. The van der Waals surface area contributed by atoms with Crippen molar-refractivity contribution in [1.82, 2.24) is 16.0 Å². The molecule has 0 saturated heterocycles. The Kier molecular flexibility index (Phi) is 8.23. The van der Waals surface area contributed by atoms with Crippen LogP contribution in [0.15, 0.2) is 89.9 Å². The lowest BCUT2D eigenvalue weighted by molar-refractivity contribution is 0.0963. The van der Waals surface area contributed by atoms with Crippen molar-refractivity contribution >= 4 is 11.9 Å². The largest absolute Gasteiger partial charge is 0.356 e. The highest BCUT2D eigenvalue weighted by molar-refractivity contribution is 5.93. The third kappa shape index (κ3) is 6.71. The summed E-state index contributed by atoms with van der Waals surface area (Å²) < 4.78 is 0. The van der Waals surface area contributed by atoms with Gasteiger partial charge in [-0.3, -0.25) is 9.79 Å². The number of carbonyl (C=O) groups excluding carboxylic acids is 1. The molecule has 0 bridgehead atoms. The van der Waals surface area contributed by atoms with Crippen LogP contribution in [0.25, 0.3) is 0 Å². The van der Waals surface area contributed by atoms with Crippen LogP contribution in [0.2, 0.25) is 0 Å². The second-order valence-electron chi connectivity index (χ2n) is 7.38. The van der Waals surface area contributed by atoms with Crippen LogP contribution in [0.3, 0.4) is 0 Å². The maximum absolute atomic E-state index is 11.7. The van der Waals surface area contributed by atoms with Gasteiger partial charge in [0.25, 0.3) is 5.91 Å². The fourth-order valence-corrected chi connectivity index (χ4v) is 3.48. The normalized spacial score (nSPS) is 12.1. The first kappa shape index (κ1) is 22.1. The molecule has 3 aromatic carbocycles. The van der Waals surface area contributed by atoms with Crippen LogP contribution in [0.5, 0.6) is 0 Å². The van der Waals surface area contributed by atoms with Gasteiger partial charge in [-0.15, -0.1) is 0 Å². The van der Waals surface area contributed by atoms with E-state index in [1.807, 2.05) is 36.4 Å². The number of benzene rings is 3. The molecule has 0 heterocycles. The van der Waals surface area contributed by atoms with E-state index in [2.05, 4.69) is 69.5 Å². The number of rotatable bonds is 8. The number of nitrogens with one attached hydrogen (secondary N) is 3. The summed E-state index contributed by atoms with van der Waals surface area (Å²) >= 11 is 0. The topological polar surface area (TPSA) is 65.5 Å². The van der Waals surface area contributed by atoms with Crippen LogP contribution in [-0.4, -0.2) is 32.5 Å². The summed E-state index contributed by atoms with van der Waals surface area (Å²) in [6, 6.07) is 28.7. The molecule has 31 heavy (non-hydrogen) atoms. The zero-order chi connectivity index (χ0) is 21.9. The molecule has 5 heteroatoms. The number of hydrogen-bond acceptors (Lipinski definition) is 2. The molecule has 1 unspecified atom stereocenters. The molecule has 1 atom stereocenters. The minimum absolute atomic E-state index is 0.0812. The van der Waals surface area contributed by atoms with Crippen LogP contribution in [0, 0.1) is 0 Å². The van der Waals surface area contributed by atoms with Crippen molar-refractivity contribution in [3.63, 3.8) is 0 Å². The molecule has 3 N–H and O–H groups in total. The van der Waals surface area contributed by atoms with E-state index in [4.69, 9.17) is 0 Å². The van der Waals surface area contributed by atoms with Crippen LogP contribution < -0.4 is 16.0 Å². The van der Waals surface area contributed by atoms with Gasteiger partial charge in [0.2, 0.25) is 0 Å². The number of nitrogens with zero attached hydrogens (tertiary/aromatic N) is 1. The van der Waals surface area contributed by atoms with Crippen molar-refractivity contribution < 1.29 is 4.79 Å². The highest BCUT2D eigenvalue weighted by Gasteiger charge is 2.13. The average molecular weight is 415 g/mol. The van der Waals surface area contributed by atoms with Crippen LogP contribution in [-0.2, 0) is 13.0 Å². The lowest BCUT2D eigenvalue weighted by atomic mass is 9.92. The van der Waals surface area contributed by atoms with Gasteiger partial charge in [-0.1, -0.05) is 72.8 Å². The summed E-state index contributed by atoms with van der Waals surface area (Å²) in [5.74, 6) is 1.00. The SMILES string of the molecule is CN=C(NCc1ccc(C(=O)NC)cc1)NCC(Cc1ccccc1)c1ccccc1. The molecular weight excluding hydrogens is 384 g/mol. The summed E-state index contributed by atoms with van der Waals surface area (Å²) in [6.45, 7) is 1.40. The average Bonchev–Trinajstić information content (AvgIpc) is 2.84. The van der Waals surface area contributed by atoms with Gasteiger partial charge in [0.15, 0.2) is 5.96 Å². The summed E-state index contributed by atoms with van der Waals surface area (Å²) in [6.07, 6.45) is 0.954. The number of amides is 1. The van der Waals surface area contributed by atoms with Crippen molar-refractivity contribution in [2.45, 2.75) is 18.9 Å². The summed E-state index contributed by atoms with van der Waals surface area (Å²) in [4.78, 5) is 16.0. The third-order valence-corrected chi connectivity index (χ3v) is 5.24. The predicted molar refractivity (Wildman–Crippen MR) is 127 cm³/mol. The lowest BCUT2D eigenvalue weighted by Gasteiger charge is -2.20. The Hall–Kier alpha value is -3.60. The number of guanidine groups is 1. The molecule has 0 aliphatic carbocycles. The molecule has 0 fully saturated rings. The Balaban J connectivity index is 1.59. The summed E-state index contributed by atoms with van der Waals surface area (Å²) in [5.41, 5.74) is 4.36. The van der Waals surface area contributed by atoms with E-state index in [1.54, 1.807) is 14.1 Å². The zero-order valence-electron chi connectivity index (χ0n) is 18.1. The van der Waals surface area contributed by atoms with Gasteiger partial charge in [0, 0.05) is 38.7 Å². The maximum Gasteiger partial charge on any atom is 0.251 e. The van der Waals surface area contributed by atoms with Gasteiger partial charge in [-0.05, 0) is 35.2 Å². The molecule has 0 spiro atoms. The van der Waals surface area contributed by atoms with E-state index in [0.717, 1.165) is 24.5 Å². The first-order chi connectivity index (χ1) is 15.2. The standard InChI is InChI=1S/C26H30N4O/c1-27-25(31)23-15-13-21(14-16-23)18-29-26(28-2)30-19-24(22-11-7-4-8-12-22)17-20-9-5-3-6-10-20/h3-16,24H,17-19H2,1-2H3,(H,27,31)(H2,28,29,30). The Morgan fingerprint density at radius 2 is 1.48 bits per heavy atom. The van der Waals surface area contributed by atoms with Crippen LogP contribution in [0.1, 0.15) is 33.0 Å². The van der Waals surface area contributed by atoms with E-state index < -0.39 is 0 Å². The highest BCUT2D eigenvalue weighted by Crippen LogP contribution is 2.20. The predicted octanol–water partition coefficient (Wildman–Crippen LogP) is 3.74. The van der Waals surface area contributed by atoms with E-state index in [9.17, 15) is 4.79 Å². The Labute approximate surface area is 184 Å². The summed E-state index contributed by atoms with van der Waals surface area (Å²) in [5, 5.41) is 9.46. The number of aliphatic imine (C=N–C) groups is 1. The van der Waals surface area contributed by atoms with Gasteiger partial charge in [0.05, 0.1) is 0 Å². The number of hydrogen-bond donors (Lipinski definition) is 3. The minimum atomic E-state index is -0.0812. The molecule has 0 aromatic heterocycles. The van der Waals surface area contributed by atoms with Crippen molar-refractivity contribution in [2.75, 3.05) is 20.6 Å². The molecule has 3 aromatic rings. The Morgan fingerprint density at radius 3 is 2.10 bits per heavy atom. The van der Waals surface area contributed by atoms with Crippen molar-refractivity contribution in [3.8, 4) is 0 Å². The van der Waals surface area contributed by atoms with E-state index in [0.29, 0.717) is 18.0 Å². The second kappa shape index (κ2) is 11.6. The van der Waals surface area contributed by atoms with Crippen LogP contribution in [0.4, 0.5) is 0 Å². The third-order valence-electron chi connectivity index (χ3n) is 5.24. The van der Waals surface area contributed by atoms with Crippen LogP contribution >= 0.6 is 0 Å². The quantitative estimate of drug-likeness (QED) is 0.389. The van der Waals surface area contributed by atoms with Gasteiger partial charge in [-0.25, -0.2) is 0 Å². The number of carbonyl (C=O) groups is 1. The van der Waals surface area contributed by atoms with Crippen molar-refractivity contribution in [2.24, 2.45) is 4.99 Å². The molecule has 0 saturated carbocycles. The molecule has 1 amide bonds. The van der Waals surface area contributed by atoms with E-state index in [1.165, 1.54) is 11.1 Å². The molecule has 160 valence electrons. The van der Waals surface area contributed by atoms with Gasteiger partial charge < -0.3 is 16.0 Å². The fourth-order valence-electron chi connectivity index (χ4n) is 3.48. The smallest absolute Gasteiger partial charge is 0.251 e. The molecule has 0 aliphatic heterocycles. The Bertz CT molecular complexity index is 969. The lowest BCUT2D eigenvalue weighted by Crippen LogP contribution is -2.39. The Morgan fingerprint density at radius 1 is 0.839 bits per heavy atom. The summed E-state index contributed by atoms with van der Waals surface area (Å²) in [7, 11) is 3.41. The second-order valence-corrected chi connectivity index (χ2v) is 7.38. The molecule has 0 aliphatic rings. The first-order valence-electron chi connectivity index (χ1n) is 10.5. The monoisotopic (exact) mass is 414 g/mol. The maximum atomic E-state index is 11.7. The van der Waals surface area contributed by atoms with Crippen molar-refractivity contribution in [1.29, 1.82) is 0 Å². The first-order valence-corrected chi connectivity index (χ1v) is 10.5. The molecule has 5 nitrogen and oxygen atoms in total. The fraction of sp³-hybridized carbons (Fsp3) is 0.231. The zero-order valence-corrected chi connectivity index (χ0v) is 18.1.